The molecule has 1 saturated heterocycles. The van der Waals surface area contributed by atoms with Gasteiger partial charge in [0.1, 0.15) is 0 Å². The number of thioether (sulfide) groups is 1. The molecule has 0 radical (unpaired) electrons. The van der Waals surface area contributed by atoms with Crippen LogP contribution in [0, 0.1) is 11.8 Å². The predicted octanol–water partition coefficient (Wildman–Crippen LogP) is 4.54. The molecule has 1 aliphatic rings. The van der Waals surface area contributed by atoms with Crippen LogP contribution in [-0.2, 0) is 11.2 Å². The molecule has 1 fully saturated rings. The number of piperidine rings is 1. The predicted molar refractivity (Wildman–Crippen MR) is 127 cm³/mol. The van der Waals surface area contributed by atoms with Gasteiger partial charge in [-0.05, 0) is 54.5 Å². The number of fused-ring (bicyclic) bond motifs is 1. The highest BCUT2D eigenvalue weighted by Crippen LogP contribution is 2.25. The largest absolute Gasteiger partial charge is 0.341 e. The summed E-state index contributed by atoms with van der Waals surface area (Å²) in [6, 6.07) is 15.4. The minimum atomic E-state index is -0.106. The molecule has 5 nitrogen and oxygen atoms in total. The zero-order valence-corrected chi connectivity index (χ0v) is 19.2. The average Bonchev–Trinajstić information content (AvgIpc) is 2.77. The summed E-state index contributed by atoms with van der Waals surface area (Å²) in [6.45, 7) is 8.12. The number of aryl methyl sites for hydroxylation is 1. The van der Waals surface area contributed by atoms with E-state index in [0.717, 1.165) is 31.6 Å². The maximum Gasteiger partial charge on any atom is 0.266 e. The van der Waals surface area contributed by atoms with Gasteiger partial charge in [0.15, 0.2) is 5.16 Å². The van der Waals surface area contributed by atoms with E-state index in [1.54, 1.807) is 10.6 Å². The van der Waals surface area contributed by atoms with Gasteiger partial charge in [-0.2, -0.15) is 0 Å². The van der Waals surface area contributed by atoms with Gasteiger partial charge in [-0.3, -0.25) is 14.2 Å². The number of likely N-dealkylation sites (tertiary alicyclic amines) is 1. The molecule has 0 saturated carbocycles. The Labute approximate surface area is 187 Å². The Bertz CT molecular complexity index is 1130. The number of para-hydroxylation sites is 1. The van der Waals surface area contributed by atoms with Crippen molar-refractivity contribution in [2.24, 2.45) is 11.8 Å². The summed E-state index contributed by atoms with van der Waals surface area (Å²) in [4.78, 5) is 33.0. The Morgan fingerprint density at radius 3 is 2.42 bits per heavy atom. The molecule has 2 aromatic carbocycles. The standard InChI is InChI=1S/C25H29N3O2S/c1-4-19-9-11-20(12-10-19)28-24(30)21-7-5-6-8-22(21)26-25(28)31-16-23(29)27-14-17(2)13-18(3)15-27/h5-12,17-18H,4,13-16H2,1-3H3/t17-,18-/m1/s1. The van der Waals surface area contributed by atoms with Gasteiger partial charge in [-0.15, -0.1) is 0 Å². The van der Waals surface area contributed by atoms with Gasteiger partial charge in [0, 0.05) is 13.1 Å². The van der Waals surface area contributed by atoms with Gasteiger partial charge in [0.25, 0.3) is 5.56 Å². The van der Waals surface area contributed by atoms with Crippen LogP contribution in [0.5, 0.6) is 0 Å². The molecule has 2 atom stereocenters. The number of carbonyl (C=O) groups is 1. The van der Waals surface area contributed by atoms with Crippen molar-refractivity contribution in [1.82, 2.24) is 14.5 Å². The van der Waals surface area contributed by atoms with Crippen LogP contribution in [0.25, 0.3) is 16.6 Å². The van der Waals surface area contributed by atoms with E-state index in [1.165, 1.54) is 17.3 Å². The van der Waals surface area contributed by atoms with Crippen LogP contribution in [0.15, 0.2) is 58.5 Å². The van der Waals surface area contributed by atoms with E-state index >= 15 is 0 Å². The van der Waals surface area contributed by atoms with E-state index < -0.39 is 0 Å². The van der Waals surface area contributed by atoms with Crippen molar-refractivity contribution >= 4 is 28.6 Å². The van der Waals surface area contributed by atoms with Crippen molar-refractivity contribution in [3.05, 3.63) is 64.4 Å². The Morgan fingerprint density at radius 1 is 1.06 bits per heavy atom. The molecule has 0 unspecified atom stereocenters. The van der Waals surface area contributed by atoms with Crippen LogP contribution in [-0.4, -0.2) is 39.2 Å². The first-order chi connectivity index (χ1) is 15.0. The Morgan fingerprint density at radius 2 is 1.74 bits per heavy atom. The molecule has 1 amide bonds. The maximum absolute atomic E-state index is 13.4. The molecule has 6 heteroatoms. The molecule has 162 valence electrons. The summed E-state index contributed by atoms with van der Waals surface area (Å²) in [6.07, 6.45) is 2.10. The minimum Gasteiger partial charge on any atom is -0.341 e. The van der Waals surface area contributed by atoms with Gasteiger partial charge in [0.2, 0.25) is 5.91 Å². The number of aromatic nitrogens is 2. The second kappa shape index (κ2) is 9.27. The van der Waals surface area contributed by atoms with Crippen LogP contribution >= 0.6 is 11.8 Å². The Hall–Kier alpha value is -2.60. The van der Waals surface area contributed by atoms with Gasteiger partial charge < -0.3 is 4.90 Å². The second-order valence-corrected chi connectivity index (χ2v) is 9.55. The first kappa shape index (κ1) is 21.6. The van der Waals surface area contributed by atoms with E-state index in [9.17, 15) is 9.59 Å². The van der Waals surface area contributed by atoms with E-state index in [2.05, 4.69) is 20.8 Å². The molecule has 3 aromatic rings. The lowest BCUT2D eigenvalue weighted by atomic mass is 9.92. The smallest absolute Gasteiger partial charge is 0.266 e. The number of nitrogens with zero attached hydrogens (tertiary/aromatic N) is 3. The monoisotopic (exact) mass is 435 g/mol. The summed E-state index contributed by atoms with van der Waals surface area (Å²) < 4.78 is 1.64. The van der Waals surface area contributed by atoms with Gasteiger partial charge in [-0.25, -0.2) is 4.98 Å². The van der Waals surface area contributed by atoms with Crippen molar-refractivity contribution in [3.63, 3.8) is 0 Å². The van der Waals surface area contributed by atoms with Crippen molar-refractivity contribution in [1.29, 1.82) is 0 Å². The summed E-state index contributed by atoms with van der Waals surface area (Å²) in [5, 5.41) is 1.14. The fourth-order valence-electron chi connectivity index (χ4n) is 4.40. The first-order valence-corrected chi connectivity index (χ1v) is 12.0. The zero-order chi connectivity index (χ0) is 22.0. The fourth-order valence-corrected chi connectivity index (χ4v) is 5.32. The average molecular weight is 436 g/mol. The molecule has 1 aliphatic heterocycles. The summed E-state index contributed by atoms with van der Waals surface area (Å²) in [7, 11) is 0. The van der Waals surface area contributed by atoms with Crippen LogP contribution in [0.1, 0.15) is 32.8 Å². The third-order valence-corrected chi connectivity index (χ3v) is 6.82. The molecule has 4 rings (SSSR count). The first-order valence-electron chi connectivity index (χ1n) is 11.0. The zero-order valence-electron chi connectivity index (χ0n) is 18.4. The Balaban J connectivity index is 1.67. The quantitative estimate of drug-likeness (QED) is 0.436. The van der Waals surface area contributed by atoms with Crippen LogP contribution in [0.3, 0.4) is 0 Å². The molecule has 0 N–H and O–H groups in total. The summed E-state index contributed by atoms with van der Waals surface area (Å²) >= 11 is 1.35. The molecular weight excluding hydrogens is 406 g/mol. The summed E-state index contributed by atoms with van der Waals surface area (Å²) in [5.41, 5.74) is 2.54. The molecule has 1 aromatic heterocycles. The van der Waals surface area contributed by atoms with Crippen molar-refractivity contribution < 1.29 is 4.79 Å². The van der Waals surface area contributed by atoms with E-state index in [-0.39, 0.29) is 17.2 Å². The van der Waals surface area contributed by atoms with E-state index in [4.69, 9.17) is 4.98 Å². The van der Waals surface area contributed by atoms with Crippen LogP contribution in [0.4, 0.5) is 0 Å². The minimum absolute atomic E-state index is 0.106. The van der Waals surface area contributed by atoms with Gasteiger partial charge >= 0.3 is 0 Å². The molecule has 0 aliphatic carbocycles. The number of benzene rings is 2. The normalized spacial score (nSPS) is 19.0. The number of hydrogen-bond donors (Lipinski definition) is 0. The van der Waals surface area contributed by atoms with Crippen molar-refractivity contribution in [2.45, 2.75) is 38.8 Å². The topological polar surface area (TPSA) is 55.2 Å². The lowest BCUT2D eigenvalue weighted by Gasteiger charge is -2.35. The van der Waals surface area contributed by atoms with Crippen LogP contribution in [0.2, 0.25) is 0 Å². The SMILES string of the molecule is CCc1ccc(-n2c(SCC(=O)N3C[C@H](C)C[C@@H](C)C3)nc3ccccc3c2=O)cc1. The number of carbonyl (C=O) groups excluding carboxylic acids is 1. The van der Waals surface area contributed by atoms with Crippen LogP contribution < -0.4 is 5.56 Å². The molecule has 0 spiro atoms. The summed E-state index contributed by atoms with van der Waals surface area (Å²) in [5.74, 6) is 1.43. The van der Waals surface area contributed by atoms with Crippen molar-refractivity contribution in [2.75, 3.05) is 18.8 Å². The number of amides is 1. The van der Waals surface area contributed by atoms with E-state index in [0.29, 0.717) is 27.9 Å². The highest BCUT2D eigenvalue weighted by molar-refractivity contribution is 7.99. The molecule has 2 heterocycles. The third kappa shape index (κ3) is 4.69. The molecule has 31 heavy (non-hydrogen) atoms. The fraction of sp³-hybridized carbons (Fsp3) is 0.400. The highest BCUT2D eigenvalue weighted by Gasteiger charge is 2.26. The lowest BCUT2D eigenvalue weighted by Crippen LogP contribution is -2.43. The lowest BCUT2D eigenvalue weighted by molar-refractivity contribution is -0.130. The molecular formula is C25H29N3O2S. The highest BCUT2D eigenvalue weighted by atomic mass is 32.2. The number of rotatable bonds is 5. The second-order valence-electron chi connectivity index (χ2n) is 8.61. The van der Waals surface area contributed by atoms with E-state index in [1.807, 2.05) is 47.4 Å². The third-order valence-electron chi connectivity index (χ3n) is 5.89. The van der Waals surface area contributed by atoms with Gasteiger partial charge in [-0.1, -0.05) is 56.8 Å². The van der Waals surface area contributed by atoms with Gasteiger partial charge in [0.05, 0.1) is 22.3 Å². The number of hydrogen-bond acceptors (Lipinski definition) is 4. The Kier molecular flexibility index (Phi) is 6.46. The van der Waals surface area contributed by atoms with Crippen molar-refractivity contribution in [3.8, 4) is 5.69 Å². The maximum atomic E-state index is 13.4. The molecule has 0 bridgehead atoms.